The number of rotatable bonds is 6. The summed E-state index contributed by atoms with van der Waals surface area (Å²) in [5.41, 5.74) is 0.748. The predicted molar refractivity (Wildman–Crippen MR) is 135 cm³/mol. The van der Waals surface area contributed by atoms with E-state index in [2.05, 4.69) is 4.72 Å². The average Bonchev–Trinajstić information content (AvgIpc) is 2.81. The summed E-state index contributed by atoms with van der Waals surface area (Å²) in [6, 6.07) is 15.8. The van der Waals surface area contributed by atoms with Gasteiger partial charge < -0.3 is 9.15 Å². The van der Waals surface area contributed by atoms with Crippen molar-refractivity contribution in [2.45, 2.75) is 24.8 Å². The van der Waals surface area contributed by atoms with Gasteiger partial charge in [0.15, 0.2) is 5.76 Å². The van der Waals surface area contributed by atoms with Crippen molar-refractivity contribution < 1.29 is 22.4 Å². The first-order valence-corrected chi connectivity index (χ1v) is 12.6. The monoisotopic (exact) mass is 531 g/mol. The molecule has 4 rings (SSSR count). The number of fused-ring (bicyclic) bond motifs is 1. The number of esters is 1. The van der Waals surface area contributed by atoms with E-state index in [1.54, 1.807) is 42.5 Å². The van der Waals surface area contributed by atoms with Crippen LogP contribution in [0.5, 0.6) is 5.75 Å². The van der Waals surface area contributed by atoms with Gasteiger partial charge in [0, 0.05) is 10.6 Å². The van der Waals surface area contributed by atoms with Crippen LogP contribution in [0, 0.1) is 6.92 Å². The van der Waals surface area contributed by atoms with Gasteiger partial charge in [-0.05, 0) is 56.3 Å². The number of halogens is 2. The minimum Gasteiger partial charge on any atom is -0.452 e. The lowest BCUT2D eigenvalue weighted by atomic mass is 10.1. The third-order valence-electron chi connectivity index (χ3n) is 5.15. The molecule has 0 amide bonds. The highest BCUT2D eigenvalue weighted by Gasteiger charge is 2.27. The van der Waals surface area contributed by atoms with Gasteiger partial charge in [-0.1, -0.05) is 53.0 Å². The molecule has 1 heterocycles. The molecule has 0 aliphatic carbocycles. The van der Waals surface area contributed by atoms with Crippen LogP contribution in [-0.4, -0.2) is 20.4 Å². The minimum atomic E-state index is -4.02. The van der Waals surface area contributed by atoms with E-state index < -0.39 is 33.2 Å². The van der Waals surface area contributed by atoms with Crippen LogP contribution in [0.2, 0.25) is 10.0 Å². The molecule has 0 saturated carbocycles. The van der Waals surface area contributed by atoms with Crippen LogP contribution in [0.3, 0.4) is 0 Å². The molecule has 4 aromatic rings. The van der Waals surface area contributed by atoms with Crippen molar-refractivity contribution in [3.63, 3.8) is 0 Å². The number of carbonyl (C=O) groups excluding carboxylic acids is 1. The molecular weight excluding hydrogens is 513 g/mol. The van der Waals surface area contributed by atoms with E-state index in [-0.39, 0.29) is 31.7 Å². The van der Waals surface area contributed by atoms with Gasteiger partial charge in [0.2, 0.25) is 21.2 Å². The largest absolute Gasteiger partial charge is 0.452 e. The van der Waals surface area contributed by atoms with Crippen LogP contribution >= 0.6 is 23.2 Å². The van der Waals surface area contributed by atoms with E-state index in [0.717, 1.165) is 5.56 Å². The Labute approximate surface area is 211 Å². The van der Waals surface area contributed by atoms with E-state index >= 15 is 0 Å². The first kappa shape index (κ1) is 24.9. The minimum absolute atomic E-state index is 0.0145. The van der Waals surface area contributed by atoms with Crippen LogP contribution < -0.4 is 14.9 Å². The summed E-state index contributed by atoms with van der Waals surface area (Å²) < 4.78 is 39.0. The fourth-order valence-corrected chi connectivity index (χ4v) is 4.91. The summed E-state index contributed by atoms with van der Waals surface area (Å²) in [5, 5.41) is 0.630. The van der Waals surface area contributed by atoms with E-state index in [1.165, 1.54) is 31.2 Å². The molecule has 0 unspecified atom stereocenters. The van der Waals surface area contributed by atoms with Crippen molar-refractivity contribution >= 4 is 50.2 Å². The third-order valence-corrected chi connectivity index (χ3v) is 7.27. The predicted octanol–water partition coefficient (Wildman–Crippen LogP) is 5.35. The molecule has 1 aromatic heterocycles. The standard InChI is InChI=1S/C25H19Cl2NO6S/c1-14-7-10-17(11-8-14)35(31,32)28-15(2)25(30)34-24-22(29)19-13-16(26)9-12-21(19)33-23(24)18-5-3-4-6-20(18)27/h3-13,15,28H,1-2H3/t15-/m0/s1. The second-order valence-corrected chi connectivity index (χ2v) is 10.3. The first-order chi connectivity index (χ1) is 16.6. The summed E-state index contributed by atoms with van der Waals surface area (Å²) in [4.78, 5) is 26.2. The first-order valence-electron chi connectivity index (χ1n) is 10.4. The molecule has 0 saturated heterocycles. The number of aryl methyl sites for hydroxylation is 1. The Kier molecular flexibility index (Phi) is 7.00. The average molecular weight is 532 g/mol. The summed E-state index contributed by atoms with van der Waals surface area (Å²) in [5.74, 6) is -1.51. The van der Waals surface area contributed by atoms with Gasteiger partial charge in [0.1, 0.15) is 11.6 Å². The van der Waals surface area contributed by atoms with Gasteiger partial charge in [-0.25, -0.2) is 13.2 Å². The maximum Gasteiger partial charge on any atom is 0.329 e. The molecule has 180 valence electrons. The lowest BCUT2D eigenvalue weighted by molar-refractivity contribution is -0.135. The van der Waals surface area contributed by atoms with Crippen molar-refractivity contribution in [2.75, 3.05) is 0 Å². The molecule has 0 aliphatic heterocycles. The number of hydrogen-bond donors (Lipinski definition) is 1. The maximum atomic E-state index is 13.3. The van der Waals surface area contributed by atoms with E-state index in [1.807, 2.05) is 6.92 Å². The van der Waals surface area contributed by atoms with Crippen molar-refractivity contribution in [1.29, 1.82) is 0 Å². The van der Waals surface area contributed by atoms with E-state index in [0.29, 0.717) is 5.56 Å². The van der Waals surface area contributed by atoms with Crippen molar-refractivity contribution in [2.24, 2.45) is 0 Å². The van der Waals surface area contributed by atoms with Gasteiger partial charge in [-0.3, -0.25) is 4.79 Å². The van der Waals surface area contributed by atoms with Crippen molar-refractivity contribution in [3.05, 3.63) is 92.6 Å². The van der Waals surface area contributed by atoms with Crippen LogP contribution in [0.25, 0.3) is 22.3 Å². The zero-order valence-corrected chi connectivity index (χ0v) is 20.9. The molecular formula is C25H19Cl2NO6S. The molecule has 3 aromatic carbocycles. The molecule has 0 spiro atoms. The van der Waals surface area contributed by atoms with E-state index in [4.69, 9.17) is 32.4 Å². The zero-order chi connectivity index (χ0) is 25.3. The highest BCUT2D eigenvalue weighted by Crippen LogP contribution is 2.35. The van der Waals surface area contributed by atoms with Gasteiger partial charge in [-0.15, -0.1) is 0 Å². The Morgan fingerprint density at radius 1 is 1.03 bits per heavy atom. The summed E-state index contributed by atoms with van der Waals surface area (Å²) >= 11 is 12.3. The number of sulfonamides is 1. The van der Waals surface area contributed by atoms with Crippen LogP contribution in [0.4, 0.5) is 0 Å². The Hall–Kier alpha value is -3.17. The van der Waals surface area contributed by atoms with Gasteiger partial charge in [0.25, 0.3) is 0 Å². The Morgan fingerprint density at radius 2 is 1.71 bits per heavy atom. The molecule has 35 heavy (non-hydrogen) atoms. The molecule has 1 N–H and O–H groups in total. The fourth-order valence-electron chi connectivity index (χ4n) is 3.32. The Bertz CT molecular complexity index is 1600. The van der Waals surface area contributed by atoms with Crippen LogP contribution in [0.1, 0.15) is 12.5 Å². The number of hydrogen-bond acceptors (Lipinski definition) is 6. The lowest BCUT2D eigenvalue weighted by Gasteiger charge is -2.16. The van der Waals surface area contributed by atoms with Crippen molar-refractivity contribution in [3.8, 4) is 17.1 Å². The SMILES string of the molecule is Cc1ccc(S(=O)(=O)N[C@@H](C)C(=O)Oc2c(-c3ccccc3Cl)oc3ccc(Cl)cc3c2=O)cc1. The van der Waals surface area contributed by atoms with Crippen LogP contribution in [0.15, 0.2) is 80.8 Å². The third kappa shape index (κ3) is 5.26. The summed E-state index contributed by atoms with van der Waals surface area (Å²) in [6.45, 7) is 3.13. The highest BCUT2D eigenvalue weighted by atomic mass is 35.5. The van der Waals surface area contributed by atoms with Crippen molar-refractivity contribution in [1.82, 2.24) is 4.72 Å². The van der Waals surface area contributed by atoms with Gasteiger partial charge in [-0.2, -0.15) is 4.72 Å². The lowest BCUT2D eigenvalue weighted by Crippen LogP contribution is -2.41. The molecule has 10 heteroatoms. The topological polar surface area (TPSA) is 103 Å². The summed E-state index contributed by atoms with van der Waals surface area (Å²) in [6.07, 6.45) is 0. The number of ether oxygens (including phenoxy) is 1. The molecule has 0 aliphatic rings. The number of carbonyl (C=O) groups is 1. The highest BCUT2D eigenvalue weighted by molar-refractivity contribution is 7.89. The normalized spacial score (nSPS) is 12.5. The van der Waals surface area contributed by atoms with Gasteiger partial charge >= 0.3 is 5.97 Å². The maximum absolute atomic E-state index is 13.3. The van der Waals surface area contributed by atoms with Gasteiger partial charge in [0.05, 0.1) is 15.3 Å². The second-order valence-electron chi connectivity index (χ2n) is 7.79. The molecule has 7 nitrogen and oxygen atoms in total. The molecule has 0 bridgehead atoms. The zero-order valence-electron chi connectivity index (χ0n) is 18.5. The smallest absolute Gasteiger partial charge is 0.329 e. The second kappa shape index (κ2) is 9.83. The number of nitrogens with one attached hydrogen (secondary N) is 1. The Balaban J connectivity index is 1.73. The molecule has 1 atom stereocenters. The quantitative estimate of drug-likeness (QED) is 0.336. The fraction of sp³-hybridized carbons (Fsp3) is 0.120. The molecule has 0 radical (unpaired) electrons. The van der Waals surface area contributed by atoms with Crippen LogP contribution in [-0.2, 0) is 14.8 Å². The Morgan fingerprint density at radius 3 is 2.40 bits per heavy atom. The van der Waals surface area contributed by atoms with E-state index in [9.17, 15) is 18.0 Å². The molecule has 0 fully saturated rings. The number of benzene rings is 3. The summed E-state index contributed by atoms with van der Waals surface area (Å²) in [7, 11) is -4.02.